The Balaban J connectivity index is 4.26. The zero-order valence-corrected chi connectivity index (χ0v) is 13.5. The van der Waals surface area contributed by atoms with Crippen molar-refractivity contribution < 1.29 is 19.1 Å². The van der Waals surface area contributed by atoms with E-state index in [1.54, 1.807) is 6.92 Å². The van der Waals surface area contributed by atoms with Gasteiger partial charge in [0, 0.05) is 19.8 Å². The van der Waals surface area contributed by atoms with Gasteiger partial charge in [0.15, 0.2) is 0 Å². The van der Waals surface area contributed by atoms with Gasteiger partial charge in [0.25, 0.3) is 0 Å². The molecule has 0 spiro atoms. The lowest BCUT2D eigenvalue weighted by molar-refractivity contribution is -0.156. The SMILES string of the molecule is CCCOCCCNC(=O)C(C(=O)OCC)C(C)(C)C. The normalized spacial score (nSPS) is 12.8. The number of amides is 1. The Hall–Kier alpha value is -1.10. The predicted octanol–water partition coefficient (Wildman–Crippen LogP) is 2.14. The van der Waals surface area contributed by atoms with E-state index in [1.165, 1.54) is 0 Å². The summed E-state index contributed by atoms with van der Waals surface area (Å²) in [7, 11) is 0. The van der Waals surface area contributed by atoms with Crippen LogP contribution in [0, 0.1) is 11.3 Å². The van der Waals surface area contributed by atoms with E-state index in [9.17, 15) is 9.59 Å². The smallest absolute Gasteiger partial charge is 0.319 e. The van der Waals surface area contributed by atoms with Crippen LogP contribution in [-0.2, 0) is 19.1 Å². The maximum atomic E-state index is 12.1. The summed E-state index contributed by atoms with van der Waals surface area (Å²) in [5.41, 5.74) is -0.463. The van der Waals surface area contributed by atoms with Crippen LogP contribution in [0.5, 0.6) is 0 Å². The standard InChI is InChI=1S/C15H29NO4/c1-6-10-19-11-8-9-16-13(17)12(15(3,4)5)14(18)20-7-2/h12H,6-11H2,1-5H3,(H,16,17). The van der Waals surface area contributed by atoms with Gasteiger partial charge in [-0.2, -0.15) is 0 Å². The van der Waals surface area contributed by atoms with Crippen LogP contribution in [-0.4, -0.2) is 38.2 Å². The molecular formula is C15H29NO4. The lowest BCUT2D eigenvalue weighted by Crippen LogP contribution is -2.44. The summed E-state index contributed by atoms with van der Waals surface area (Å²) in [6, 6.07) is 0. The minimum Gasteiger partial charge on any atom is -0.465 e. The fraction of sp³-hybridized carbons (Fsp3) is 0.867. The summed E-state index contributed by atoms with van der Waals surface area (Å²) in [4.78, 5) is 24.0. The fourth-order valence-electron chi connectivity index (χ4n) is 1.81. The average Bonchev–Trinajstić information content (AvgIpc) is 2.32. The van der Waals surface area contributed by atoms with E-state index in [0.29, 0.717) is 13.2 Å². The van der Waals surface area contributed by atoms with Crippen LogP contribution in [0.1, 0.15) is 47.5 Å². The molecule has 0 radical (unpaired) electrons. The van der Waals surface area contributed by atoms with Gasteiger partial charge in [0.05, 0.1) is 6.61 Å². The number of esters is 1. The summed E-state index contributed by atoms with van der Waals surface area (Å²) >= 11 is 0. The van der Waals surface area contributed by atoms with Gasteiger partial charge in [0.2, 0.25) is 5.91 Å². The summed E-state index contributed by atoms with van der Waals surface area (Å²) < 4.78 is 10.3. The molecule has 5 nitrogen and oxygen atoms in total. The first kappa shape index (κ1) is 18.9. The van der Waals surface area contributed by atoms with Crippen LogP contribution in [0.3, 0.4) is 0 Å². The molecule has 5 heteroatoms. The molecule has 118 valence electrons. The molecule has 0 rings (SSSR count). The molecule has 0 aromatic carbocycles. The van der Waals surface area contributed by atoms with Gasteiger partial charge >= 0.3 is 5.97 Å². The van der Waals surface area contributed by atoms with Gasteiger partial charge in [-0.3, -0.25) is 9.59 Å². The van der Waals surface area contributed by atoms with Crippen molar-refractivity contribution in [1.82, 2.24) is 5.32 Å². The molecule has 0 heterocycles. The maximum Gasteiger partial charge on any atom is 0.319 e. The molecule has 1 amide bonds. The quantitative estimate of drug-likeness (QED) is 0.401. The van der Waals surface area contributed by atoms with E-state index < -0.39 is 17.3 Å². The largest absolute Gasteiger partial charge is 0.465 e. The lowest BCUT2D eigenvalue weighted by atomic mass is 9.80. The van der Waals surface area contributed by atoms with Crippen molar-refractivity contribution in [3.05, 3.63) is 0 Å². The number of ether oxygens (including phenoxy) is 2. The average molecular weight is 287 g/mol. The van der Waals surface area contributed by atoms with E-state index >= 15 is 0 Å². The van der Waals surface area contributed by atoms with Crippen LogP contribution in [0.4, 0.5) is 0 Å². The Morgan fingerprint density at radius 2 is 1.80 bits per heavy atom. The Morgan fingerprint density at radius 3 is 2.30 bits per heavy atom. The van der Waals surface area contributed by atoms with Crippen LogP contribution in [0.25, 0.3) is 0 Å². The zero-order valence-electron chi connectivity index (χ0n) is 13.5. The summed E-state index contributed by atoms with van der Waals surface area (Å²) in [5, 5.41) is 2.79. The second kappa shape index (κ2) is 9.75. The van der Waals surface area contributed by atoms with E-state index in [4.69, 9.17) is 9.47 Å². The highest BCUT2D eigenvalue weighted by Crippen LogP contribution is 2.27. The van der Waals surface area contributed by atoms with Crippen molar-refractivity contribution in [3.8, 4) is 0 Å². The molecule has 0 saturated heterocycles. The molecule has 0 aromatic heterocycles. The molecule has 0 aliphatic heterocycles. The molecule has 0 aromatic rings. The van der Waals surface area contributed by atoms with Crippen molar-refractivity contribution in [1.29, 1.82) is 0 Å². The van der Waals surface area contributed by atoms with E-state index in [0.717, 1.165) is 19.4 Å². The third kappa shape index (κ3) is 7.48. The number of hydrogen-bond donors (Lipinski definition) is 1. The third-order valence-corrected chi connectivity index (χ3v) is 2.76. The third-order valence-electron chi connectivity index (χ3n) is 2.76. The summed E-state index contributed by atoms with van der Waals surface area (Å²) in [6.45, 7) is 11.5. The van der Waals surface area contributed by atoms with Crippen LogP contribution in [0.2, 0.25) is 0 Å². The van der Waals surface area contributed by atoms with Gasteiger partial charge in [0.1, 0.15) is 5.92 Å². The van der Waals surface area contributed by atoms with Crippen LogP contribution in [0.15, 0.2) is 0 Å². The summed E-state index contributed by atoms with van der Waals surface area (Å²) in [6.07, 6.45) is 1.73. The van der Waals surface area contributed by atoms with Crippen molar-refractivity contribution in [2.75, 3.05) is 26.4 Å². The molecule has 0 fully saturated rings. The molecule has 0 aliphatic carbocycles. The lowest BCUT2D eigenvalue weighted by Gasteiger charge is -2.27. The number of nitrogens with one attached hydrogen (secondary N) is 1. The Morgan fingerprint density at radius 1 is 1.15 bits per heavy atom. The first-order valence-electron chi connectivity index (χ1n) is 7.36. The van der Waals surface area contributed by atoms with Crippen LogP contribution >= 0.6 is 0 Å². The van der Waals surface area contributed by atoms with E-state index in [-0.39, 0.29) is 12.5 Å². The van der Waals surface area contributed by atoms with E-state index in [2.05, 4.69) is 12.2 Å². The monoisotopic (exact) mass is 287 g/mol. The van der Waals surface area contributed by atoms with Gasteiger partial charge in [-0.1, -0.05) is 27.7 Å². The second-order valence-corrected chi connectivity index (χ2v) is 5.81. The molecule has 0 aliphatic rings. The highest BCUT2D eigenvalue weighted by atomic mass is 16.5. The first-order chi connectivity index (χ1) is 9.34. The topological polar surface area (TPSA) is 64.6 Å². The minimum atomic E-state index is -0.779. The Kier molecular flexibility index (Phi) is 9.21. The maximum absolute atomic E-state index is 12.1. The van der Waals surface area contributed by atoms with Crippen molar-refractivity contribution >= 4 is 11.9 Å². The molecule has 0 saturated carbocycles. The molecule has 1 N–H and O–H groups in total. The van der Waals surface area contributed by atoms with Crippen LogP contribution < -0.4 is 5.32 Å². The molecule has 0 bridgehead atoms. The molecule has 1 unspecified atom stereocenters. The highest BCUT2D eigenvalue weighted by Gasteiger charge is 2.38. The second-order valence-electron chi connectivity index (χ2n) is 5.81. The molecule has 1 atom stereocenters. The molecule has 20 heavy (non-hydrogen) atoms. The Labute approximate surface area is 122 Å². The van der Waals surface area contributed by atoms with Gasteiger partial charge in [-0.25, -0.2) is 0 Å². The number of hydrogen-bond acceptors (Lipinski definition) is 4. The van der Waals surface area contributed by atoms with Gasteiger partial charge in [-0.15, -0.1) is 0 Å². The fourth-order valence-corrected chi connectivity index (χ4v) is 1.81. The summed E-state index contributed by atoms with van der Waals surface area (Å²) in [5.74, 6) is -1.51. The minimum absolute atomic E-state index is 0.272. The Bertz CT molecular complexity index is 297. The van der Waals surface area contributed by atoms with Gasteiger partial charge < -0.3 is 14.8 Å². The van der Waals surface area contributed by atoms with Crippen molar-refractivity contribution in [2.24, 2.45) is 11.3 Å². The first-order valence-corrected chi connectivity index (χ1v) is 7.36. The number of carbonyl (C=O) groups excluding carboxylic acids is 2. The van der Waals surface area contributed by atoms with E-state index in [1.807, 2.05) is 20.8 Å². The van der Waals surface area contributed by atoms with Crippen molar-refractivity contribution in [2.45, 2.75) is 47.5 Å². The molecular weight excluding hydrogens is 258 g/mol. The number of carbonyl (C=O) groups is 2. The number of rotatable bonds is 9. The van der Waals surface area contributed by atoms with Gasteiger partial charge in [-0.05, 0) is 25.2 Å². The van der Waals surface area contributed by atoms with Crippen molar-refractivity contribution in [3.63, 3.8) is 0 Å². The predicted molar refractivity (Wildman–Crippen MR) is 78.3 cm³/mol. The highest BCUT2D eigenvalue weighted by molar-refractivity contribution is 5.98. The zero-order chi connectivity index (χ0) is 15.6.